The van der Waals surface area contributed by atoms with Crippen LogP contribution in [0.5, 0.6) is 0 Å². The summed E-state index contributed by atoms with van der Waals surface area (Å²) >= 11 is 3.27. The highest BCUT2D eigenvalue weighted by molar-refractivity contribution is 9.10. The van der Waals surface area contributed by atoms with E-state index in [1.165, 1.54) is 6.07 Å². The average molecular weight is 257 g/mol. The number of nitrogens with zero attached hydrogens (tertiary/aromatic N) is 2. The molecular formula is C10H10BrFN2. The van der Waals surface area contributed by atoms with Crippen LogP contribution in [0.4, 0.5) is 4.39 Å². The minimum Gasteiger partial charge on any atom is -0.328 e. The van der Waals surface area contributed by atoms with Gasteiger partial charge in [-0.1, -0.05) is 15.9 Å². The fourth-order valence-corrected chi connectivity index (χ4v) is 1.89. The van der Waals surface area contributed by atoms with Gasteiger partial charge in [-0.2, -0.15) is 0 Å². The van der Waals surface area contributed by atoms with E-state index in [2.05, 4.69) is 20.9 Å². The van der Waals surface area contributed by atoms with Crippen molar-refractivity contribution in [2.75, 3.05) is 0 Å². The molecule has 4 heteroatoms. The number of halogens is 2. The van der Waals surface area contributed by atoms with Crippen LogP contribution in [0.15, 0.2) is 22.9 Å². The molecule has 1 aromatic heterocycles. The first-order chi connectivity index (χ1) is 6.59. The van der Waals surface area contributed by atoms with Crippen LogP contribution in [-0.2, 0) is 0 Å². The van der Waals surface area contributed by atoms with Crippen molar-refractivity contribution < 1.29 is 4.39 Å². The number of hydrogen-bond donors (Lipinski definition) is 0. The van der Waals surface area contributed by atoms with E-state index in [9.17, 15) is 4.39 Å². The predicted molar refractivity (Wildman–Crippen MR) is 57.8 cm³/mol. The molecule has 0 radical (unpaired) electrons. The molecule has 0 aliphatic rings. The lowest BCUT2D eigenvalue weighted by atomic mass is 10.3. The largest absolute Gasteiger partial charge is 0.328 e. The van der Waals surface area contributed by atoms with Crippen molar-refractivity contribution in [3.63, 3.8) is 0 Å². The second kappa shape index (κ2) is 3.35. The lowest BCUT2D eigenvalue weighted by molar-refractivity contribution is 0.616. The molecule has 14 heavy (non-hydrogen) atoms. The van der Waals surface area contributed by atoms with E-state index in [0.29, 0.717) is 5.52 Å². The van der Waals surface area contributed by atoms with Crippen molar-refractivity contribution in [1.82, 2.24) is 9.55 Å². The van der Waals surface area contributed by atoms with Crippen LogP contribution in [0.3, 0.4) is 0 Å². The van der Waals surface area contributed by atoms with Crippen LogP contribution >= 0.6 is 15.9 Å². The summed E-state index contributed by atoms with van der Waals surface area (Å²) in [4.78, 5) is 4.05. The zero-order chi connectivity index (χ0) is 10.3. The van der Waals surface area contributed by atoms with Gasteiger partial charge in [-0.25, -0.2) is 9.37 Å². The normalized spacial score (nSPS) is 11.5. The number of hydrogen-bond acceptors (Lipinski definition) is 1. The lowest BCUT2D eigenvalue weighted by Gasteiger charge is -2.07. The van der Waals surface area contributed by atoms with Crippen LogP contribution < -0.4 is 0 Å². The average Bonchev–Trinajstić information content (AvgIpc) is 2.47. The highest BCUT2D eigenvalue weighted by atomic mass is 79.9. The summed E-state index contributed by atoms with van der Waals surface area (Å²) < 4.78 is 16.1. The quantitative estimate of drug-likeness (QED) is 0.764. The van der Waals surface area contributed by atoms with Crippen molar-refractivity contribution in [3.8, 4) is 0 Å². The van der Waals surface area contributed by atoms with Gasteiger partial charge in [0.2, 0.25) is 0 Å². The Bertz CT molecular complexity index is 476. The van der Waals surface area contributed by atoms with E-state index in [-0.39, 0.29) is 11.9 Å². The minimum absolute atomic E-state index is 0.284. The Kier molecular flexibility index (Phi) is 2.31. The molecule has 1 aromatic carbocycles. The van der Waals surface area contributed by atoms with E-state index >= 15 is 0 Å². The van der Waals surface area contributed by atoms with Crippen molar-refractivity contribution in [2.24, 2.45) is 0 Å². The van der Waals surface area contributed by atoms with Gasteiger partial charge in [-0.15, -0.1) is 0 Å². The van der Waals surface area contributed by atoms with Gasteiger partial charge < -0.3 is 4.57 Å². The Morgan fingerprint density at radius 2 is 2.14 bits per heavy atom. The molecule has 0 N–H and O–H groups in total. The first kappa shape index (κ1) is 9.65. The molecule has 0 aliphatic carbocycles. The molecule has 0 bridgehead atoms. The second-order valence-corrected chi connectivity index (χ2v) is 4.42. The standard InChI is InChI=1S/C10H10BrFN2/c1-6(2)14-5-13-10-8(12)3-7(11)4-9(10)14/h3-6H,1-2H3. The summed E-state index contributed by atoms with van der Waals surface area (Å²) in [6.45, 7) is 4.08. The van der Waals surface area contributed by atoms with Crippen LogP contribution in [-0.4, -0.2) is 9.55 Å². The zero-order valence-electron chi connectivity index (χ0n) is 7.96. The van der Waals surface area contributed by atoms with Crippen molar-refractivity contribution in [1.29, 1.82) is 0 Å². The maximum Gasteiger partial charge on any atom is 0.152 e. The summed E-state index contributed by atoms with van der Waals surface area (Å²) in [6.07, 6.45) is 1.67. The molecule has 0 saturated heterocycles. The monoisotopic (exact) mass is 256 g/mol. The van der Waals surface area contributed by atoms with Gasteiger partial charge in [0.1, 0.15) is 5.52 Å². The number of rotatable bonds is 1. The first-order valence-electron chi connectivity index (χ1n) is 4.41. The summed E-state index contributed by atoms with van der Waals surface area (Å²) in [5.74, 6) is -0.284. The van der Waals surface area contributed by atoms with E-state index in [0.717, 1.165) is 9.99 Å². The molecule has 1 heterocycles. The van der Waals surface area contributed by atoms with E-state index in [1.807, 2.05) is 24.5 Å². The summed E-state index contributed by atoms with van der Waals surface area (Å²) in [6, 6.07) is 3.60. The van der Waals surface area contributed by atoms with Crippen LogP contribution in [0.2, 0.25) is 0 Å². The first-order valence-corrected chi connectivity index (χ1v) is 5.20. The lowest BCUT2D eigenvalue weighted by Crippen LogP contribution is -1.98. The Morgan fingerprint density at radius 1 is 1.43 bits per heavy atom. The summed E-state index contributed by atoms with van der Waals surface area (Å²) in [5.41, 5.74) is 1.26. The Labute approximate surface area is 89.9 Å². The van der Waals surface area contributed by atoms with Crippen LogP contribution in [0.25, 0.3) is 11.0 Å². The third kappa shape index (κ3) is 1.43. The Morgan fingerprint density at radius 3 is 2.79 bits per heavy atom. The second-order valence-electron chi connectivity index (χ2n) is 3.50. The molecule has 0 aliphatic heterocycles. The van der Waals surface area contributed by atoms with Gasteiger partial charge in [0, 0.05) is 10.5 Å². The third-order valence-corrected chi connectivity index (χ3v) is 2.61. The van der Waals surface area contributed by atoms with Gasteiger partial charge in [-0.3, -0.25) is 0 Å². The number of fused-ring (bicyclic) bond motifs is 1. The maximum absolute atomic E-state index is 13.4. The topological polar surface area (TPSA) is 17.8 Å². The fourth-order valence-electron chi connectivity index (χ4n) is 1.47. The highest BCUT2D eigenvalue weighted by Crippen LogP contribution is 2.24. The van der Waals surface area contributed by atoms with Gasteiger partial charge in [-0.05, 0) is 26.0 Å². The van der Waals surface area contributed by atoms with E-state index in [4.69, 9.17) is 0 Å². The molecule has 0 unspecified atom stereocenters. The number of imidazole rings is 1. The van der Waals surface area contributed by atoms with Crippen LogP contribution in [0.1, 0.15) is 19.9 Å². The third-order valence-electron chi connectivity index (χ3n) is 2.15. The molecule has 2 nitrogen and oxygen atoms in total. The number of aromatic nitrogens is 2. The molecule has 0 spiro atoms. The summed E-state index contributed by atoms with van der Waals surface area (Å²) in [7, 11) is 0. The number of benzene rings is 1. The molecular weight excluding hydrogens is 247 g/mol. The molecule has 2 aromatic rings. The van der Waals surface area contributed by atoms with Crippen molar-refractivity contribution in [2.45, 2.75) is 19.9 Å². The smallest absolute Gasteiger partial charge is 0.152 e. The maximum atomic E-state index is 13.4. The van der Waals surface area contributed by atoms with Crippen LogP contribution in [0, 0.1) is 5.82 Å². The Hall–Kier alpha value is -0.900. The fraction of sp³-hybridized carbons (Fsp3) is 0.300. The molecule has 0 atom stereocenters. The van der Waals surface area contributed by atoms with Crippen molar-refractivity contribution >= 4 is 27.0 Å². The molecule has 0 fully saturated rings. The molecule has 0 saturated carbocycles. The SMILES string of the molecule is CC(C)n1cnc2c(F)cc(Br)cc21. The minimum atomic E-state index is -0.284. The van der Waals surface area contributed by atoms with Gasteiger partial charge in [0.25, 0.3) is 0 Å². The summed E-state index contributed by atoms with van der Waals surface area (Å²) in [5, 5.41) is 0. The molecule has 2 rings (SSSR count). The highest BCUT2D eigenvalue weighted by Gasteiger charge is 2.10. The zero-order valence-corrected chi connectivity index (χ0v) is 9.55. The molecule has 74 valence electrons. The van der Waals surface area contributed by atoms with Gasteiger partial charge in [0.05, 0.1) is 11.8 Å². The molecule has 0 amide bonds. The van der Waals surface area contributed by atoms with Gasteiger partial charge >= 0.3 is 0 Å². The van der Waals surface area contributed by atoms with Gasteiger partial charge in [0.15, 0.2) is 5.82 Å². The predicted octanol–water partition coefficient (Wildman–Crippen LogP) is 3.52. The Balaban J connectivity index is 2.78. The van der Waals surface area contributed by atoms with Crippen molar-refractivity contribution in [3.05, 3.63) is 28.7 Å². The van der Waals surface area contributed by atoms with E-state index < -0.39 is 0 Å². The van der Waals surface area contributed by atoms with E-state index in [1.54, 1.807) is 6.33 Å².